The molecule has 0 fully saturated rings. The largest absolute Gasteiger partial charge is 0.462 e. The summed E-state index contributed by atoms with van der Waals surface area (Å²) in [6, 6.07) is 0. The van der Waals surface area contributed by atoms with Gasteiger partial charge in [0.25, 0.3) is 0 Å². The van der Waals surface area contributed by atoms with Crippen LogP contribution in [0.4, 0.5) is 0 Å². The number of unbranched alkanes of at least 4 members (excludes halogenated alkanes) is 29. The third-order valence-corrected chi connectivity index (χ3v) is 12.9. The van der Waals surface area contributed by atoms with E-state index in [1.165, 1.54) is 128 Å². The van der Waals surface area contributed by atoms with Gasteiger partial charge in [0.05, 0.1) is 0 Å². The molecule has 0 aliphatic carbocycles. The van der Waals surface area contributed by atoms with E-state index >= 15 is 0 Å². The number of carbonyl (C=O) groups excluding carboxylic acids is 3. The van der Waals surface area contributed by atoms with Gasteiger partial charge in [-0.1, -0.05) is 266 Å². The average molecular weight is 990 g/mol. The van der Waals surface area contributed by atoms with Gasteiger partial charge in [-0.15, -0.1) is 0 Å². The van der Waals surface area contributed by atoms with Crippen molar-refractivity contribution < 1.29 is 28.6 Å². The zero-order valence-corrected chi connectivity index (χ0v) is 46.7. The lowest BCUT2D eigenvalue weighted by Gasteiger charge is -2.18. The van der Waals surface area contributed by atoms with Crippen molar-refractivity contribution in [3.63, 3.8) is 0 Å². The van der Waals surface area contributed by atoms with Crippen LogP contribution in [0.2, 0.25) is 0 Å². The summed E-state index contributed by atoms with van der Waals surface area (Å²) in [5, 5.41) is 0. The molecular formula is C65H112O6. The second-order valence-electron chi connectivity index (χ2n) is 19.9. The summed E-state index contributed by atoms with van der Waals surface area (Å²) in [6.45, 7) is 6.46. The van der Waals surface area contributed by atoms with Crippen LogP contribution in [0, 0.1) is 0 Å². The highest BCUT2D eigenvalue weighted by molar-refractivity contribution is 5.71. The summed E-state index contributed by atoms with van der Waals surface area (Å²) >= 11 is 0. The molecule has 0 N–H and O–H groups in total. The van der Waals surface area contributed by atoms with E-state index < -0.39 is 6.10 Å². The van der Waals surface area contributed by atoms with E-state index in [0.717, 1.165) is 122 Å². The minimum Gasteiger partial charge on any atom is -0.462 e. The minimum absolute atomic E-state index is 0.0791. The predicted octanol–water partition coefficient (Wildman–Crippen LogP) is 20.3. The molecule has 0 spiro atoms. The van der Waals surface area contributed by atoms with Crippen LogP contribution in [0.5, 0.6) is 0 Å². The zero-order valence-electron chi connectivity index (χ0n) is 46.7. The van der Waals surface area contributed by atoms with Crippen LogP contribution in [-0.4, -0.2) is 37.2 Å². The molecule has 408 valence electrons. The summed E-state index contributed by atoms with van der Waals surface area (Å²) in [7, 11) is 0. The van der Waals surface area contributed by atoms with Gasteiger partial charge >= 0.3 is 17.9 Å². The van der Waals surface area contributed by atoms with Crippen molar-refractivity contribution in [1.29, 1.82) is 0 Å². The molecule has 0 saturated heterocycles. The van der Waals surface area contributed by atoms with Gasteiger partial charge in [-0.05, 0) is 89.9 Å². The van der Waals surface area contributed by atoms with Crippen molar-refractivity contribution in [2.45, 2.75) is 297 Å². The van der Waals surface area contributed by atoms with Crippen LogP contribution < -0.4 is 0 Å². The first-order chi connectivity index (χ1) is 35.0. The predicted molar refractivity (Wildman–Crippen MR) is 307 cm³/mol. The second-order valence-corrected chi connectivity index (χ2v) is 19.9. The molecule has 0 saturated carbocycles. The number of esters is 3. The van der Waals surface area contributed by atoms with E-state index in [1.54, 1.807) is 0 Å². The molecule has 6 heteroatoms. The van der Waals surface area contributed by atoms with Crippen LogP contribution in [0.25, 0.3) is 0 Å². The Hall–Kier alpha value is -3.41. The Bertz CT molecular complexity index is 1370. The first-order valence-corrected chi connectivity index (χ1v) is 30.1. The molecule has 6 nitrogen and oxygen atoms in total. The van der Waals surface area contributed by atoms with Crippen molar-refractivity contribution in [2.75, 3.05) is 13.2 Å². The van der Waals surface area contributed by atoms with Crippen LogP contribution in [0.3, 0.4) is 0 Å². The molecule has 71 heavy (non-hydrogen) atoms. The third-order valence-electron chi connectivity index (χ3n) is 12.9. The van der Waals surface area contributed by atoms with Gasteiger partial charge in [-0.2, -0.15) is 0 Å². The minimum atomic E-state index is -0.781. The fourth-order valence-electron chi connectivity index (χ4n) is 8.39. The number of hydrogen-bond donors (Lipinski definition) is 0. The van der Waals surface area contributed by atoms with Crippen LogP contribution in [0.1, 0.15) is 290 Å². The van der Waals surface area contributed by atoms with Gasteiger partial charge in [0.15, 0.2) is 6.10 Å². The molecular weight excluding hydrogens is 877 g/mol. The molecule has 0 heterocycles. The third kappa shape index (κ3) is 57.4. The highest BCUT2D eigenvalue weighted by atomic mass is 16.6. The standard InChI is InChI=1S/C65H112O6/c1-4-7-10-13-16-19-22-24-25-26-27-28-29-30-31-32-33-34-35-36-37-38-39-41-43-46-49-52-55-58-64(67)70-61-62(60-69-63(66)57-54-51-48-45-42-21-18-15-12-9-6-3)71-65(68)59-56-53-50-47-44-40-23-20-17-14-11-8-5-2/h7,10-11,14,16,19-20,23-25,27-28,30-31,62H,4-6,8-9,12-13,15,17-18,21-22,26,29,32-61H2,1-3H3/b10-7-,14-11-,19-16-,23-20-,25-24-,28-27-,31-30-. The van der Waals surface area contributed by atoms with Crippen molar-refractivity contribution in [3.8, 4) is 0 Å². The molecule has 0 amide bonds. The molecule has 0 aromatic carbocycles. The SMILES string of the molecule is CC/C=C\C/C=C\C/C=C\C/C=C\C/C=C\CCCCCCCCCCCCCCCC(=O)OCC(COC(=O)CCCCCCCCCCCCC)OC(=O)CCCCCCC/C=C\C/C=C\CCC. The molecule has 0 rings (SSSR count). The van der Waals surface area contributed by atoms with Crippen LogP contribution >= 0.6 is 0 Å². The van der Waals surface area contributed by atoms with Crippen LogP contribution in [-0.2, 0) is 28.6 Å². The van der Waals surface area contributed by atoms with Gasteiger partial charge in [-0.25, -0.2) is 0 Å². The summed E-state index contributed by atoms with van der Waals surface area (Å²) in [4.78, 5) is 38.1. The van der Waals surface area contributed by atoms with Gasteiger partial charge in [0.1, 0.15) is 13.2 Å². The maximum absolute atomic E-state index is 12.8. The maximum Gasteiger partial charge on any atom is 0.306 e. The van der Waals surface area contributed by atoms with E-state index in [2.05, 4.69) is 106 Å². The summed E-state index contributed by atoms with van der Waals surface area (Å²) in [5.41, 5.74) is 0. The fraction of sp³-hybridized carbons (Fsp3) is 0.738. The maximum atomic E-state index is 12.8. The fourth-order valence-corrected chi connectivity index (χ4v) is 8.39. The lowest BCUT2D eigenvalue weighted by Crippen LogP contribution is -2.30. The lowest BCUT2D eigenvalue weighted by molar-refractivity contribution is -0.167. The van der Waals surface area contributed by atoms with Crippen molar-refractivity contribution in [1.82, 2.24) is 0 Å². The topological polar surface area (TPSA) is 78.9 Å². The van der Waals surface area contributed by atoms with Crippen LogP contribution in [0.15, 0.2) is 85.1 Å². The number of rotatable bonds is 54. The van der Waals surface area contributed by atoms with Crippen molar-refractivity contribution in [3.05, 3.63) is 85.1 Å². The average Bonchev–Trinajstić information content (AvgIpc) is 3.37. The Morgan fingerprint density at radius 1 is 0.296 bits per heavy atom. The molecule has 0 aromatic heterocycles. The molecule has 0 radical (unpaired) electrons. The van der Waals surface area contributed by atoms with Gasteiger partial charge in [0.2, 0.25) is 0 Å². The Labute approximate surface area is 439 Å². The zero-order chi connectivity index (χ0) is 51.4. The van der Waals surface area contributed by atoms with Gasteiger partial charge in [-0.3, -0.25) is 14.4 Å². The highest BCUT2D eigenvalue weighted by Gasteiger charge is 2.19. The van der Waals surface area contributed by atoms with E-state index in [-0.39, 0.29) is 31.1 Å². The Kier molecular flexibility index (Phi) is 56.3. The molecule has 1 atom stereocenters. The van der Waals surface area contributed by atoms with E-state index in [4.69, 9.17) is 14.2 Å². The van der Waals surface area contributed by atoms with Crippen molar-refractivity contribution >= 4 is 17.9 Å². The first kappa shape index (κ1) is 67.6. The number of carbonyl (C=O) groups is 3. The van der Waals surface area contributed by atoms with Gasteiger partial charge < -0.3 is 14.2 Å². The number of hydrogen-bond acceptors (Lipinski definition) is 6. The molecule has 0 aliphatic rings. The summed E-state index contributed by atoms with van der Waals surface area (Å²) in [6.07, 6.45) is 77.3. The van der Waals surface area contributed by atoms with E-state index in [9.17, 15) is 14.4 Å². The Morgan fingerprint density at radius 3 is 0.915 bits per heavy atom. The number of ether oxygens (including phenoxy) is 3. The smallest absolute Gasteiger partial charge is 0.306 e. The molecule has 0 bridgehead atoms. The first-order valence-electron chi connectivity index (χ1n) is 30.1. The normalized spacial score (nSPS) is 12.7. The second kappa shape index (κ2) is 59.2. The van der Waals surface area contributed by atoms with Gasteiger partial charge in [0, 0.05) is 19.3 Å². The summed E-state index contributed by atoms with van der Waals surface area (Å²) < 4.78 is 16.8. The molecule has 1 unspecified atom stereocenters. The quantitative estimate of drug-likeness (QED) is 0.0261. The Balaban J connectivity index is 4.18. The molecule has 0 aromatic rings. The summed E-state index contributed by atoms with van der Waals surface area (Å²) in [5.74, 6) is -0.888. The lowest BCUT2D eigenvalue weighted by atomic mass is 10.0. The number of allylic oxidation sites excluding steroid dienone is 14. The molecule has 0 aliphatic heterocycles. The van der Waals surface area contributed by atoms with E-state index in [0.29, 0.717) is 19.3 Å². The monoisotopic (exact) mass is 989 g/mol. The van der Waals surface area contributed by atoms with Crippen molar-refractivity contribution in [2.24, 2.45) is 0 Å². The highest BCUT2D eigenvalue weighted by Crippen LogP contribution is 2.16. The Morgan fingerprint density at radius 2 is 0.577 bits per heavy atom. The van der Waals surface area contributed by atoms with E-state index in [1.807, 2.05) is 0 Å².